The van der Waals surface area contributed by atoms with E-state index in [1.807, 2.05) is 0 Å². The number of hydrogen-bond acceptors (Lipinski definition) is 3. The third-order valence-corrected chi connectivity index (χ3v) is 2.63. The van der Waals surface area contributed by atoms with Gasteiger partial charge in [-0.15, -0.1) is 0 Å². The number of rotatable bonds is 4. The number of nitrogens with one attached hydrogen (secondary N) is 1. The number of likely N-dealkylation sites (N-methyl/N-ethyl adjacent to an activating group) is 1. The number of hydrogen-bond donors (Lipinski definition) is 3. The fourth-order valence-corrected chi connectivity index (χ4v) is 1.24. The highest BCUT2D eigenvalue weighted by molar-refractivity contribution is 5.74. The fraction of sp³-hybridized carbons (Fsp3) is 0.417. The summed E-state index contributed by atoms with van der Waals surface area (Å²) in [5.41, 5.74) is 0.904. The van der Waals surface area contributed by atoms with E-state index in [1.54, 1.807) is 38.2 Å². The lowest BCUT2D eigenvalue weighted by molar-refractivity contribution is 0.157. The Balaban J connectivity index is 2.45. The van der Waals surface area contributed by atoms with Gasteiger partial charge in [-0.25, -0.2) is 4.79 Å². The van der Waals surface area contributed by atoms with E-state index in [9.17, 15) is 4.79 Å². The molecule has 0 aliphatic rings. The van der Waals surface area contributed by atoms with Gasteiger partial charge in [0, 0.05) is 13.6 Å². The van der Waals surface area contributed by atoms with Crippen molar-refractivity contribution in [2.24, 2.45) is 0 Å². The van der Waals surface area contributed by atoms with Gasteiger partial charge in [0.1, 0.15) is 5.75 Å². The second kappa shape index (κ2) is 6.10. The monoisotopic (exact) mass is 238 g/mol. The molecule has 1 rings (SSSR count). The van der Waals surface area contributed by atoms with Gasteiger partial charge in [-0.05, 0) is 24.6 Å². The second-order valence-corrected chi connectivity index (χ2v) is 3.97. The Morgan fingerprint density at radius 3 is 2.53 bits per heavy atom. The van der Waals surface area contributed by atoms with Crippen LogP contribution >= 0.6 is 0 Å². The van der Waals surface area contributed by atoms with Gasteiger partial charge < -0.3 is 20.4 Å². The zero-order valence-electron chi connectivity index (χ0n) is 10.1. The maximum atomic E-state index is 11.6. The first-order chi connectivity index (χ1) is 8.04. The number of amides is 2. The van der Waals surface area contributed by atoms with Gasteiger partial charge in [0.15, 0.2) is 0 Å². The predicted molar refractivity (Wildman–Crippen MR) is 64.7 cm³/mol. The van der Waals surface area contributed by atoms with Crippen molar-refractivity contribution < 1.29 is 15.0 Å². The first-order valence-corrected chi connectivity index (χ1v) is 5.44. The Bertz CT molecular complexity index is 365. The van der Waals surface area contributed by atoms with Crippen molar-refractivity contribution >= 4 is 6.03 Å². The zero-order valence-corrected chi connectivity index (χ0v) is 10.1. The Hall–Kier alpha value is -1.75. The first kappa shape index (κ1) is 13.3. The molecule has 0 spiro atoms. The molecule has 0 saturated heterocycles. The van der Waals surface area contributed by atoms with Gasteiger partial charge in [-0.2, -0.15) is 0 Å². The third kappa shape index (κ3) is 3.96. The van der Waals surface area contributed by atoms with Gasteiger partial charge >= 0.3 is 6.03 Å². The van der Waals surface area contributed by atoms with Crippen LogP contribution in [0.2, 0.25) is 0 Å². The van der Waals surface area contributed by atoms with E-state index in [0.717, 1.165) is 5.56 Å². The van der Waals surface area contributed by atoms with Gasteiger partial charge in [0.05, 0.1) is 12.6 Å². The minimum Gasteiger partial charge on any atom is -0.508 e. The van der Waals surface area contributed by atoms with E-state index in [4.69, 9.17) is 10.2 Å². The van der Waals surface area contributed by atoms with Crippen LogP contribution in [0.5, 0.6) is 5.75 Å². The summed E-state index contributed by atoms with van der Waals surface area (Å²) in [6.07, 6.45) is 0. The lowest BCUT2D eigenvalue weighted by Gasteiger charge is -2.23. The second-order valence-electron chi connectivity index (χ2n) is 3.97. The van der Waals surface area contributed by atoms with Gasteiger partial charge in [0.2, 0.25) is 0 Å². The molecule has 0 aliphatic heterocycles. The normalized spacial score (nSPS) is 11.9. The summed E-state index contributed by atoms with van der Waals surface area (Å²) < 4.78 is 0. The van der Waals surface area contributed by atoms with Crippen molar-refractivity contribution in [3.05, 3.63) is 29.8 Å². The van der Waals surface area contributed by atoms with Crippen molar-refractivity contribution in [3.63, 3.8) is 0 Å². The molecule has 0 heterocycles. The maximum Gasteiger partial charge on any atom is 0.317 e. The molecule has 1 unspecified atom stereocenters. The first-order valence-electron chi connectivity index (χ1n) is 5.44. The Morgan fingerprint density at radius 2 is 2.00 bits per heavy atom. The molecule has 0 saturated carbocycles. The number of aliphatic hydroxyl groups excluding tert-OH is 1. The molecule has 1 aromatic rings. The van der Waals surface area contributed by atoms with E-state index in [2.05, 4.69) is 5.32 Å². The fourth-order valence-electron chi connectivity index (χ4n) is 1.24. The van der Waals surface area contributed by atoms with Crippen LogP contribution in [-0.4, -0.2) is 40.8 Å². The lowest BCUT2D eigenvalue weighted by Crippen LogP contribution is -2.43. The number of aromatic hydroxyl groups is 1. The van der Waals surface area contributed by atoms with E-state index in [1.165, 1.54) is 4.90 Å². The molecule has 0 aliphatic carbocycles. The third-order valence-electron chi connectivity index (χ3n) is 2.63. The van der Waals surface area contributed by atoms with E-state index in [0.29, 0.717) is 6.54 Å². The molecule has 0 fully saturated rings. The Morgan fingerprint density at radius 1 is 1.41 bits per heavy atom. The van der Waals surface area contributed by atoms with Gasteiger partial charge in [-0.1, -0.05) is 12.1 Å². The highest BCUT2D eigenvalue weighted by Gasteiger charge is 2.13. The largest absolute Gasteiger partial charge is 0.508 e. The highest BCUT2D eigenvalue weighted by atomic mass is 16.3. The molecule has 3 N–H and O–H groups in total. The molecule has 1 aromatic carbocycles. The van der Waals surface area contributed by atoms with Crippen LogP contribution < -0.4 is 5.32 Å². The van der Waals surface area contributed by atoms with Crippen LogP contribution in [-0.2, 0) is 6.54 Å². The number of benzene rings is 1. The van der Waals surface area contributed by atoms with Crippen LogP contribution in [0.1, 0.15) is 12.5 Å². The van der Waals surface area contributed by atoms with Crippen LogP contribution in [0.25, 0.3) is 0 Å². The molecule has 0 bridgehead atoms. The molecule has 2 amide bonds. The predicted octanol–water partition coefficient (Wildman–Crippen LogP) is 0.914. The van der Waals surface area contributed by atoms with E-state index in [-0.39, 0.29) is 24.4 Å². The van der Waals surface area contributed by atoms with Crippen LogP contribution in [0.4, 0.5) is 4.79 Å². The van der Waals surface area contributed by atoms with Crippen LogP contribution in [0, 0.1) is 0 Å². The standard InChI is InChI=1S/C12H18N2O3/c1-9(8-15)14(2)12(17)13-7-10-3-5-11(16)6-4-10/h3-6,9,15-16H,7-8H2,1-2H3,(H,13,17). The summed E-state index contributed by atoms with van der Waals surface area (Å²) in [6, 6.07) is 6.17. The molecule has 0 aromatic heterocycles. The van der Waals surface area contributed by atoms with Crippen molar-refractivity contribution in [2.75, 3.05) is 13.7 Å². The molecule has 17 heavy (non-hydrogen) atoms. The molecule has 5 heteroatoms. The molecule has 94 valence electrons. The Kier molecular flexibility index (Phi) is 4.78. The van der Waals surface area contributed by atoms with Gasteiger partial charge in [0.25, 0.3) is 0 Å². The average Bonchev–Trinajstić information content (AvgIpc) is 2.35. The van der Waals surface area contributed by atoms with Crippen LogP contribution in [0.3, 0.4) is 0 Å². The maximum absolute atomic E-state index is 11.6. The number of carbonyl (C=O) groups excluding carboxylic acids is 1. The molecule has 5 nitrogen and oxygen atoms in total. The lowest BCUT2D eigenvalue weighted by atomic mass is 10.2. The average molecular weight is 238 g/mol. The number of aliphatic hydroxyl groups is 1. The summed E-state index contributed by atoms with van der Waals surface area (Å²) in [6.45, 7) is 2.09. The number of urea groups is 1. The SMILES string of the molecule is CC(CO)N(C)C(=O)NCc1ccc(O)cc1. The summed E-state index contributed by atoms with van der Waals surface area (Å²) in [4.78, 5) is 13.1. The number of phenols is 1. The van der Waals surface area contributed by atoms with E-state index >= 15 is 0 Å². The van der Waals surface area contributed by atoms with Crippen molar-refractivity contribution in [2.45, 2.75) is 19.5 Å². The zero-order chi connectivity index (χ0) is 12.8. The summed E-state index contributed by atoms with van der Waals surface area (Å²) in [7, 11) is 1.63. The molecular weight excluding hydrogens is 220 g/mol. The quantitative estimate of drug-likeness (QED) is 0.730. The number of nitrogens with zero attached hydrogens (tertiary/aromatic N) is 1. The minimum atomic E-state index is -0.236. The number of phenolic OH excluding ortho intramolecular Hbond substituents is 1. The molecule has 0 radical (unpaired) electrons. The smallest absolute Gasteiger partial charge is 0.317 e. The summed E-state index contributed by atoms with van der Waals surface area (Å²) in [5, 5.41) is 20.8. The van der Waals surface area contributed by atoms with E-state index < -0.39 is 0 Å². The Labute approximate surface area is 101 Å². The molecular formula is C12H18N2O3. The topological polar surface area (TPSA) is 72.8 Å². The van der Waals surface area contributed by atoms with Crippen molar-refractivity contribution in [3.8, 4) is 5.75 Å². The molecule has 1 atom stereocenters. The minimum absolute atomic E-state index is 0.0663. The summed E-state index contributed by atoms with van der Waals surface area (Å²) >= 11 is 0. The highest BCUT2D eigenvalue weighted by Crippen LogP contribution is 2.09. The van der Waals surface area contributed by atoms with Crippen molar-refractivity contribution in [1.82, 2.24) is 10.2 Å². The summed E-state index contributed by atoms with van der Waals surface area (Å²) in [5.74, 6) is 0.200. The van der Waals surface area contributed by atoms with Crippen LogP contribution in [0.15, 0.2) is 24.3 Å². The van der Waals surface area contributed by atoms with Gasteiger partial charge in [-0.3, -0.25) is 0 Å². The number of carbonyl (C=O) groups is 1. The van der Waals surface area contributed by atoms with Crippen molar-refractivity contribution in [1.29, 1.82) is 0 Å².